The van der Waals surface area contributed by atoms with Crippen molar-refractivity contribution < 1.29 is 13.9 Å². The van der Waals surface area contributed by atoms with Gasteiger partial charge in [0.1, 0.15) is 11.9 Å². The number of benzene rings is 1. The minimum absolute atomic E-state index is 0.0865. The summed E-state index contributed by atoms with van der Waals surface area (Å²) in [6, 6.07) is 5.14. The average Bonchev–Trinajstić information content (AvgIpc) is 2.25. The number of rotatable bonds is 4. The third kappa shape index (κ3) is 3.21. The van der Waals surface area contributed by atoms with Crippen LogP contribution in [0.15, 0.2) is 24.3 Å². The minimum atomic E-state index is -0.656. The molecule has 0 saturated heterocycles. The molecule has 0 aliphatic rings. The summed E-state index contributed by atoms with van der Waals surface area (Å²) in [6.45, 7) is 0.0865. The highest BCUT2D eigenvalue weighted by Gasteiger charge is 2.16. The van der Waals surface area contributed by atoms with Gasteiger partial charge in [0.2, 0.25) is 0 Å². The fourth-order valence-electron chi connectivity index (χ4n) is 1.14. The number of carbonyl (C=O) groups is 1. The third-order valence-electron chi connectivity index (χ3n) is 1.89. The molecule has 0 aliphatic heterocycles. The van der Waals surface area contributed by atoms with Crippen LogP contribution < -0.4 is 11.1 Å². The lowest BCUT2D eigenvalue weighted by atomic mass is 10.2. The van der Waals surface area contributed by atoms with E-state index in [2.05, 4.69) is 10.1 Å². The molecule has 0 radical (unpaired) electrons. The number of carbonyl (C=O) groups excluding carboxylic acids is 1. The molecule has 5 heteroatoms. The Labute approximate surface area is 87.2 Å². The number of hydrogen-bond donors (Lipinski definition) is 2. The fraction of sp³-hybridized carbons (Fsp3) is 0.300. The summed E-state index contributed by atoms with van der Waals surface area (Å²) in [4.78, 5) is 11.2. The van der Waals surface area contributed by atoms with Gasteiger partial charge in [-0.25, -0.2) is 9.18 Å². The standard InChI is InChI=1S/C10H13FN2O2/c1-15-10(14)9(6-12)13-8-4-2-3-7(11)5-8/h2-5,9,13H,6,12H2,1H3. The van der Waals surface area contributed by atoms with E-state index in [1.165, 1.54) is 19.2 Å². The molecular formula is C10H13FN2O2. The fourth-order valence-corrected chi connectivity index (χ4v) is 1.14. The summed E-state index contributed by atoms with van der Waals surface area (Å²) in [5.74, 6) is -0.845. The monoisotopic (exact) mass is 212 g/mol. The molecule has 1 aromatic rings. The van der Waals surface area contributed by atoms with Crippen molar-refractivity contribution in [2.75, 3.05) is 19.0 Å². The lowest BCUT2D eigenvalue weighted by molar-refractivity contribution is -0.141. The molecule has 0 saturated carbocycles. The van der Waals surface area contributed by atoms with E-state index in [1.807, 2.05) is 0 Å². The van der Waals surface area contributed by atoms with Crippen LogP contribution in [-0.2, 0) is 9.53 Å². The van der Waals surface area contributed by atoms with Gasteiger partial charge in [0.05, 0.1) is 7.11 Å². The Bertz CT molecular complexity index is 344. The zero-order valence-corrected chi connectivity index (χ0v) is 8.37. The highest BCUT2D eigenvalue weighted by Crippen LogP contribution is 2.10. The molecule has 0 heterocycles. The van der Waals surface area contributed by atoms with Gasteiger partial charge in [0.25, 0.3) is 0 Å². The van der Waals surface area contributed by atoms with Crippen molar-refractivity contribution >= 4 is 11.7 Å². The van der Waals surface area contributed by atoms with Crippen molar-refractivity contribution in [3.8, 4) is 0 Å². The van der Waals surface area contributed by atoms with Crippen molar-refractivity contribution in [3.63, 3.8) is 0 Å². The van der Waals surface area contributed by atoms with Crippen LogP contribution in [0.25, 0.3) is 0 Å². The molecule has 1 rings (SSSR count). The van der Waals surface area contributed by atoms with Gasteiger partial charge < -0.3 is 15.8 Å². The lowest BCUT2D eigenvalue weighted by Crippen LogP contribution is -2.37. The molecule has 1 unspecified atom stereocenters. The molecule has 4 nitrogen and oxygen atoms in total. The van der Waals surface area contributed by atoms with E-state index in [4.69, 9.17) is 5.73 Å². The van der Waals surface area contributed by atoms with Gasteiger partial charge in [-0.15, -0.1) is 0 Å². The second-order valence-corrected chi connectivity index (χ2v) is 2.97. The number of halogens is 1. The first-order chi connectivity index (χ1) is 7.17. The number of methoxy groups -OCH3 is 1. The van der Waals surface area contributed by atoms with Crippen molar-refractivity contribution in [2.24, 2.45) is 5.73 Å². The smallest absolute Gasteiger partial charge is 0.329 e. The topological polar surface area (TPSA) is 64.3 Å². The largest absolute Gasteiger partial charge is 0.467 e. The molecule has 1 atom stereocenters. The molecule has 0 amide bonds. The van der Waals surface area contributed by atoms with Gasteiger partial charge in [-0.2, -0.15) is 0 Å². The van der Waals surface area contributed by atoms with Crippen molar-refractivity contribution in [1.82, 2.24) is 0 Å². The predicted molar refractivity (Wildman–Crippen MR) is 54.9 cm³/mol. The van der Waals surface area contributed by atoms with Gasteiger partial charge in [-0.05, 0) is 18.2 Å². The summed E-state index contributed by atoms with van der Waals surface area (Å²) in [6.07, 6.45) is 0. The van der Waals surface area contributed by atoms with Crippen LogP contribution in [0.4, 0.5) is 10.1 Å². The molecular weight excluding hydrogens is 199 g/mol. The van der Waals surface area contributed by atoms with Gasteiger partial charge >= 0.3 is 5.97 Å². The van der Waals surface area contributed by atoms with E-state index in [0.29, 0.717) is 5.69 Å². The molecule has 3 N–H and O–H groups in total. The summed E-state index contributed by atoms with van der Waals surface area (Å²) >= 11 is 0. The molecule has 0 bridgehead atoms. The summed E-state index contributed by atoms with van der Waals surface area (Å²) in [7, 11) is 1.28. The Morgan fingerprint density at radius 3 is 2.93 bits per heavy atom. The number of esters is 1. The highest BCUT2D eigenvalue weighted by atomic mass is 19.1. The molecule has 82 valence electrons. The van der Waals surface area contributed by atoms with Crippen molar-refractivity contribution in [2.45, 2.75) is 6.04 Å². The van der Waals surface area contributed by atoms with Crippen molar-refractivity contribution in [3.05, 3.63) is 30.1 Å². The molecule has 0 aliphatic carbocycles. The van der Waals surface area contributed by atoms with E-state index in [0.717, 1.165) is 0 Å². The summed E-state index contributed by atoms with van der Waals surface area (Å²) in [5, 5.41) is 2.78. The second kappa shape index (κ2) is 5.31. The first kappa shape index (κ1) is 11.5. The Hall–Kier alpha value is -1.62. The van der Waals surface area contributed by atoms with Gasteiger partial charge in [-0.3, -0.25) is 0 Å². The maximum absolute atomic E-state index is 12.8. The lowest BCUT2D eigenvalue weighted by Gasteiger charge is -2.15. The first-order valence-electron chi connectivity index (χ1n) is 4.47. The van der Waals surface area contributed by atoms with E-state index >= 15 is 0 Å². The van der Waals surface area contributed by atoms with E-state index in [1.54, 1.807) is 12.1 Å². The average molecular weight is 212 g/mol. The molecule has 0 fully saturated rings. The van der Waals surface area contributed by atoms with Crippen LogP contribution in [0, 0.1) is 5.82 Å². The van der Waals surface area contributed by atoms with Gasteiger partial charge in [0, 0.05) is 12.2 Å². The van der Waals surface area contributed by atoms with E-state index in [-0.39, 0.29) is 12.4 Å². The quantitative estimate of drug-likeness (QED) is 0.722. The summed E-state index contributed by atoms with van der Waals surface area (Å²) in [5.41, 5.74) is 5.87. The van der Waals surface area contributed by atoms with Gasteiger partial charge in [0.15, 0.2) is 0 Å². The number of ether oxygens (including phenoxy) is 1. The number of nitrogens with two attached hydrogens (primary N) is 1. The third-order valence-corrected chi connectivity index (χ3v) is 1.89. The van der Waals surface area contributed by atoms with Crippen LogP contribution in [0.2, 0.25) is 0 Å². The van der Waals surface area contributed by atoms with Crippen LogP contribution in [0.5, 0.6) is 0 Å². The molecule has 1 aromatic carbocycles. The number of hydrogen-bond acceptors (Lipinski definition) is 4. The van der Waals surface area contributed by atoms with Crippen LogP contribution in [-0.4, -0.2) is 25.7 Å². The van der Waals surface area contributed by atoms with Crippen LogP contribution in [0.3, 0.4) is 0 Å². The zero-order chi connectivity index (χ0) is 11.3. The zero-order valence-electron chi connectivity index (χ0n) is 8.37. The van der Waals surface area contributed by atoms with Crippen LogP contribution >= 0.6 is 0 Å². The van der Waals surface area contributed by atoms with Gasteiger partial charge in [-0.1, -0.05) is 6.07 Å². The Kier molecular flexibility index (Phi) is 4.05. The highest BCUT2D eigenvalue weighted by molar-refractivity contribution is 5.79. The maximum atomic E-state index is 12.8. The van der Waals surface area contributed by atoms with Crippen LogP contribution in [0.1, 0.15) is 0 Å². The molecule has 0 aromatic heterocycles. The Morgan fingerprint density at radius 1 is 1.67 bits per heavy atom. The molecule has 0 spiro atoms. The SMILES string of the molecule is COC(=O)C(CN)Nc1cccc(F)c1. The predicted octanol–water partition coefficient (Wildman–Crippen LogP) is 0.738. The Balaban J connectivity index is 2.70. The molecule has 15 heavy (non-hydrogen) atoms. The van der Waals surface area contributed by atoms with Crippen molar-refractivity contribution in [1.29, 1.82) is 0 Å². The summed E-state index contributed by atoms with van der Waals surface area (Å²) < 4.78 is 17.3. The van der Waals surface area contributed by atoms with E-state index in [9.17, 15) is 9.18 Å². The second-order valence-electron chi connectivity index (χ2n) is 2.97. The maximum Gasteiger partial charge on any atom is 0.329 e. The van der Waals surface area contributed by atoms with E-state index < -0.39 is 12.0 Å². The number of anilines is 1. The minimum Gasteiger partial charge on any atom is -0.467 e. The number of nitrogens with one attached hydrogen (secondary N) is 1. The normalized spacial score (nSPS) is 11.9. The Morgan fingerprint density at radius 2 is 2.40 bits per heavy atom. The first-order valence-corrected chi connectivity index (χ1v) is 4.47.